The first-order valence-corrected chi connectivity index (χ1v) is 4.66. The lowest BCUT2D eigenvalue weighted by atomic mass is 9.98. The Morgan fingerprint density at radius 2 is 2.08 bits per heavy atom. The third-order valence-corrected chi connectivity index (χ3v) is 2.79. The molecule has 2 rings (SSSR count). The SMILES string of the molecule is CC1(C)OCCC1NC1COC1. The van der Waals surface area contributed by atoms with Crippen LogP contribution in [0.5, 0.6) is 0 Å². The second-order valence-electron chi connectivity index (χ2n) is 4.19. The molecule has 0 aromatic rings. The molecule has 2 fully saturated rings. The normalized spacial score (nSPS) is 35.0. The summed E-state index contributed by atoms with van der Waals surface area (Å²) in [4.78, 5) is 0. The fourth-order valence-corrected chi connectivity index (χ4v) is 1.79. The van der Waals surface area contributed by atoms with Crippen molar-refractivity contribution in [3.63, 3.8) is 0 Å². The van der Waals surface area contributed by atoms with Gasteiger partial charge in [-0.3, -0.25) is 0 Å². The molecular formula is C9H17NO2. The van der Waals surface area contributed by atoms with Gasteiger partial charge >= 0.3 is 0 Å². The standard InChI is InChI=1S/C9H17NO2/c1-9(2)8(3-4-12-9)10-7-5-11-6-7/h7-8,10H,3-6H2,1-2H3. The molecule has 3 heteroatoms. The van der Waals surface area contributed by atoms with E-state index < -0.39 is 0 Å². The number of ether oxygens (including phenoxy) is 2. The summed E-state index contributed by atoms with van der Waals surface area (Å²) in [5, 5.41) is 3.56. The topological polar surface area (TPSA) is 30.5 Å². The fourth-order valence-electron chi connectivity index (χ4n) is 1.79. The summed E-state index contributed by atoms with van der Waals surface area (Å²) in [6.45, 7) is 6.92. The van der Waals surface area contributed by atoms with Crippen LogP contribution in [0.15, 0.2) is 0 Å². The van der Waals surface area contributed by atoms with Gasteiger partial charge in [-0.1, -0.05) is 0 Å². The molecule has 0 spiro atoms. The van der Waals surface area contributed by atoms with Crippen molar-refractivity contribution in [3.05, 3.63) is 0 Å². The van der Waals surface area contributed by atoms with Gasteiger partial charge in [0.05, 0.1) is 24.9 Å². The predicted octanol–water partition coefficient (Wildman–Crippen LogP) is 0.542. The molecule has 2 heterocycles. The zero-order chi connectivity index (χ0) is 8.60. The molecule has 0 saturated carbocycles. The van der Waals surface area contributed by atoms with Gasteiger partial charge in [-0.25, -0.2) is 0 Å². The van der Waals surface area contributed by atoms with Crippen LogP contribution in [0.3, 0.4) is 0 Å². The van der Waals surface area contributed by atoms with E-state index in [1.54, 1.807) is 0 Å². The molecule has 1 N–H and O–H groups in total. The molecule has 12 heavy (non-hydrogen) atoms. The summed E-state index contributed by atoms with van der Waals surface area (Å²) in [6, 6.07) is 1.07. The Kier molecular flexibility index (Phi) is 2.10. The van der Waals surface area contributed by atoms with Crippen molar-refractivity contribution in [1.29, 1.82) is 0 Å². The van der Waals surface area contributed by atoms with E-state index in [-0.39, 0.29) is 5.60 Å². The predicted molar refractivity (Wildman–Crippen MR) is 46.2 cm³/mol. The van der Waals surface area contributed by atoms with Crippen molar-refractivity contribution in [3.8, 4) is 0 Å². The van der Waals surface area contributed by atoms with E-state index in [2.05, 4.69) is 19.2 Å². The van der Waals surface area contributed by atoms with E-state index in [1.165, 1.54) is 0 Å². The zero-order valence-corrected chi connectivity index (χ0v) is 7.80. The van der Waals surface area contributed by atoms with Crippen LogP contribution in [0.25, 0.3) is 0 Å². The molecule has 1 unspecified atom stereocenters. The van der Waals surface area contributed by atoms with Crippen LogP contribution >= 0.6 is 0 Å². The minimum atomic E-state index is 0.00951. The fraction of sp³-hybridized carbons (Fsp3) is 1.00. The third kappa shape index (κ3) is 1.49. The van der Waals surface area contributed by atoms with Crippen LogP contribution in [-0.4, -0.2) is 37.5 Å². The van der Waals surface area contributed by atoms with E-state index in [1.807, 2.05) is 0 Å². The van der Waals surface area contributed by atoms with Crippen LogP contribution in [0.2, 0.25) is 0 Å². The number of hydrogen-bond acceptors (Lipinski definition) is 3. The van der Waals surface area contributed by atoms with E-state index in [0.717, 1.165) is 26.2 Å². The molecule has 0 amide bonds. The van der Waals surface area contributed by atoms with Crippen LogP contribution in [0.4, 0.5) is 0 Å². The molecule has 2 saturated heterocycles. The molecule has 1 atom stereocenters. The molecule has 2 aliphatic heterocycles. The second kappa shape index (κ2) is 2.98. The van der Waals surface area contributed by atoms with Crippen molar-refractivity contribution in [1.82, 2.24) is 5.32 Å². The summed E-state index contributed by atoms with van der Waals surface area (Å²) in [5.41, 5.74) is 0.00951. The molecule has 0 aromatic heterocycles. The van der Waals surface area contributed by atoms with Crippen LogP contribution < -0.4 is 5.32 Å². The van der Waals surface area contributed by atoms with Crippen molar-refractivity contribution in [2.45, 2.75) is 38.0 Å². The van der Waals surface area contributed by atoms with E-state index in [9.17, 15) is 0 Å². The van der Waals surface area contributed by atoms with E-state index >= 15 is 0 Å². The average molecular weight is 171 g/mol. The summed E-state index contributed by atoms with van der Waals surface area (Å²) in [6.07, 6.45) is 1.13. The monoisotopic (exact) mass is 171 g/mol. The maximum Gasteiger partial charge on any atom is 0.0779 e. The van der Waals surface area contributed by atoms with Crippen molar-refractivity contribution >= 4 is 0 Å². The van der Waals surface area contributed by atoms with Crippen molar-refractivity contribution < 1.29 is 9.47 Å². The smallest absolute Gasteiger partial charge is 0.0779 e. The molecule has 70 valence electrons. The second-order valence-corrected chi connectivity index (χ2v) is 4.19. The van der Waals surface area contributed by atoms with Gasteiger partial charge < -0.3 is 14.8 Å². The Labute approximate surface area is 73.4 Å². The highest BCUT2D eigenvalue weighted by atomic mass is 16.5. The summed E-state index contributed by atoms with van der Waals surface area (Å²) < 4.78 is 10.7. The Hall–Kier alpha value is -0.120. The Morgan fingerprint density at radius 1 is 1.33 bits per heavy atom. The lowest BCUT2D eigenvalue weighted by Crippen LogP contribution is -2.55. The molecule has 0 aliphatic carbocycles. The first kappa shape index (κ1) is 8.48. The zero-order valence-electron chi connectivity index (χ0n) is 7.80. The van der Waals surface area contributed by atoms with E-state index in [4.69, 9.17) is 9.47 Å². The number of nitrogens with one attached hydrogen (secondary N) is 1. The summed E-state index contributed by atoms with van der Waals surface area (Å²) in [7, 11) is 0. The summed E-state index contributed by atoms with van der Waals surface area (Å²) in [5.74, 6) is 0. The van der Waals surface area contributed by atoms with Gasteiger partial charge in [0.2, 0.25) is 0 Å². The van der Waals surface area contributed by atoms with Gasteiger partial charge in [0.25, 0.3) is 0 Å². The molecule has 0 radical (unpaired) electrons. The molecular weight excluding hydrogens is 154 g/mol. The third-order valence-electron chi connectivity index (χ3n) is 2.79. The Balaban J connectivity index is 1.85. The highest BCUT2D eigenvalue weighted by Gasteiger charge is 2.37. The molecule has 0 aromatic carbocycles. The lowest BCUT2D eigenvalue weighted by molar-refractivity contribution is -0.0289. The van der Waals surface area contributed by atoms with Gasteiger partial charge in [-0.2, -0.15) is 0 Å². The molecule has 2 aliphatic rings. The summed E-state index contributed by atoms with van der Waals surface area (Å²) >= 11 is 0. The van der Waals surface area contributed by atoms with Crippen molar-refractivity contribution in [2.24, 2.45) is 0 Å². The van der Waals surface area contributed by atoms with E-state index in [0.29, 0.717) is 12.1 Å². The van der Waals surface area contributed by atoms with Crippen LogP contribution in [-0.2, 0) is 9.47 Å². The van der Waals surface area contributed by atoms with Gasteiger partial charge in [-0.05, 0) is 20.3 Å². The first-order valence-electron chi connectivity index (χ1n) is 4.66. The van der Waals surface area contributed by atoms with Gasteiger partial charge in [0, 0.05) is 12.6 Å². The quantitative estimate of drug-likeness (QED) is 0.658. The Morgan fingerprint density at radius 3 is 2.50 bits per heavy atom. The Bertz CT molecular complexity index is 166. The maximum absolute atomic E-state index is 5.62. The number of hydrogen-bond donors (Lipinski definition) is 1. The lowest BCUT2D eigenvalue weighted by Gasteiger charge is -2.34. The number of rotatable bonds is 2. The van der Waals surface area contributed by atoms with Gasteiger partial charge in [0.15, 0.2) is 0 Å². The molecule has 0 bridgehead atoms. The van der Waals surface area contributed by atoms with Crippen molar-refractivity contribution in [2.75, 3.05) is 19.8 Å². The van der Waals surface area contributed by atoms with Gasteiger partial charge in [-0.15, -0.1) is 0 Å². The first-order chi connectivity index (χ1) is 5.68. The van der Waals surface area contributed by atoms with Crippen LogP contribution in [0.1, 0.15) is 20.3 Å². The highest BCUT2D eigenvalue weighted by Crippen LogP contribution is 2.25. The minimum Gasteiger partial charge on any atom is -0.378 e. The minimum absolute atomic E-state index is 0.00951. The average Bonchev–Trinajstić information content (AvgIpc) is 2.21. The van der Waals surface area contributed by atoms with Crippen LogP contribution in [0, 0.1) is 0 Å². The highest BCUT2D eigenvalue weighted by molar-refractivity contribution is 4.93. The molecule has 3 nitrogen and oxygen atoms in total. The van der Waals surface area contributed by atoms with Gasteiger partial charge in [0.1, 0.15) is 0 Å². The largest absolute Gasteiger partial charge is 0.378 e. The maximum atomic E-state index is 5.62.